The van der Waals surface area contributed by atoms with E-state index in [0.717, 1.165) is 16.7 Å². The molecule has 0 fully saturated rings. The van der Waals surface area contributed by atoms with Crippen LogP contribution in [0.15, 0.2) is 65.5 Å². The van der Waals surface area contributed by atoms with E-state index in [9.17, 15) is 15.0 Å². The van der Waals surface area contributed by atoms with Crippen LogP contribution in [0.5, 0.6) is 17.2 Å². The van der Waals surface area contributed by atoms with E-state index in [-0.39, 0.29) is 22.8 Å². The Morgan fingerprint density at radius 3 is 2.00 bits per heavy atom. The van der Waals surface area contributed by atoms with Gasteiger partial charge in [0, 0.05) is 17.0 Å². The van der Waals surface area contributed by atoms with Crippen LogP contribution < -0.4 is 10.2 Å². The van der Waals surface area contributed by atoms with E-state index in [2.05, 4.69) is 20.8 Å². The van der Waals surface area contributed by atoms with Gasteiger partial charge in [-0.05, 0) is 52.3 Å². The average Bonchev–Trinajstić information content (AvgIpc) is 2.89. The zero-order valence-corrected chi connectivity index (χ0v) is 19.6. The molecule has 1 unspecified atom stereocenters. The number of benzene rings is 2. The maximum atomic E-state index is 12.8. The Morgan fingerprint density at radius 2 is 1.44 bits per heavy atom. The van der Waals surface area contributed by atoms with Crippen LogP contribution in [0.25, 0.3) is 0 Å². The molecule has 0 aliphatic rings. The minimum absolute atomic E-state index is 0.112. The fourth-order valence-electron chi connectivity index (χ4n) is 3.84. The van der Waals surface area contributed by atoms with E-state index >= 15 is 0 Å². The highest BCUT2D eigenvalue weighted by atomic mass is 16.5. The molecule has 0 amide bonds. The van der Waals surface area contributed by atoms with E-state index < -0.39 is 11.3 Å². The van der Waals surface area contributed by atoms with Crippen LogP contribution in [0.4, 0.5) is 0 Å². The molecule has 0 aliphatic carbocycles. The Kier molecular flexibility index (Phi) is 6.63. The fourth-order valence-corrected chi connectivity index (χ4v) is 3.84. The van der Waals surface area contributed by atoms with Gasteiger partial charge in [0.2, 0.25) is 5.43 Å². The lowest BCUT2D eigenvalue weighted by molar-refractivity contribution is 0.414. The highest BCUT2D eigenvalue weighted by molar-refractivity contribution is 5.54. The first-order valence-corrected chi connectivity index (χ1v) is 10.9. The molecule has 4 heteroatoms. The average molecular weight is 433 g/mol. The Hall–Kier alpha value is -3.27. The predicted molar refractivity (Wildman–Crippen MR) is 129 cm³/mol. The van der Waals surface area contributed by atoms with Crippen molar-refractivity contribution < 1.29 is 14.9 Å². The standard InChI is InChI=1S/C28H32O4/c1-17(2)19-9-13-22(27(31)25(30)15-19)26(18-7-11-21(32-6)12-8-18)23-16-20(28(3,4)5)10-14-24(23)29/h7-17,26,29H,1-6H3,(H,30,31). The second-order valence-electron chi connectivity index (χ2n) is 9.53. The maximum absolute atomic E-state index is 12.8. The quantitative estimate of drug-likeness (QED) is 0.514. The zero-order valence-electron chi connectivity index (χ0n) is 19.6. The van der Waals surface area contributed by atoms with Gasteiger partial charge in [-0.2, -0.15) is 0 Å². The van der Waals surface area contributed by atoms with Crippen LogP contribution in [0, 0.1) is 0 Å². The molecular weight excluding hydrogens is 400 g/mol. The van der Waals surface area contributed by atoms with Crippen molar-refractivity contribution >= 4 is 0 Å². The van der Waals surface area contributed by atoms with Gasteiger partial charge in [0.15, 0.2) is 5.75 Å². The largest absolute Gasteiger partial charge is 0.508 e. The van der Waals surface area contributed by atoms with Crippen molar-refractivity contribution in [3.05, 3.63) is 98.7 Å². The molecule has 1 atom stereocenters. The van der Waals surface area contributed by atoms with E-state index in [1.807, 2.05) is 56.3 Å². The minimum Gasteiger partial charge on any atom is -0.508 e. The van der Waals surface area contributed by atoms with Gasteiger partial charge < -0.3 is 14.9 Å². The van der Waals surface area contributed by atoms with Crippen LogP contribution in [0.2, 0.25) is 0 Å². The molecule has 2 N–H and O–H groups in total. The number of ether oxygens (including phenoxy) is 1. The van der Waals surface area contributed by atoms with Gasteiger partial charge in [0.05, 0.1) is 7.11 Å². The summed E-state index contributed by atoms with van der Waals surface area (Å²) >= 11 is 0. The smallest absolute Gasteiger partial charge is 0.220 e. The lowest BCUT2D eigenvalue weighted by atomic mass is 9.80. The van der Waals surface area contributed by atoms with Crippen molar-refractivity contribution in [2.24, 2.45) is 0 Å². The molecule has 0 radical (unpaired) electrons. The third-order valence-electron chi connectivity index (χ3n) is 5.89. The van der Waals surface area contributed by atoms with Crippen molar-refractivity contribution in [3.63, 3.8) is 0 Å². The summed E-state index contributed by atoms with van der Waals surface area (Å²) in [5.41, 5.74) is 3.25. The second-order valence-corrected chi connectivity index (χ2v) is 9.53. The van der Waals surface area contributed by atoms with Crippen molar-refractivity contribution in [1.29, 1.82) is 0 Å². The maximum Gasteiger partial charge on any atom is 0.220 e. The molecule has 0 bridgehead atoms. The molecule has 32 heavy (non-hydrogen) atoms. The Labute approximate surface area is 190 Å². The number of hydrogen-bond donors (Lipinski definition) is 2. The molecule has 0 saturated carbocycles. The number of phenols is 1. The number of phenolic OH excluding ortho intramolecular Hbond substituents is 1. The highest BCUT2D eigenvalue weighted by Gasteiger charge is 2.26. The molecule has 0 heterocycles. The van der Waals surface area contributed by atoms with Gasteiger partial charge in [-0.25, -0.2) is 0 Å². The molecule has 0 spiro atoms. The van der Waals surface area contributed by atoms with Gasteiger partial charge >= 0.3 is 0 Å². The summed E-state index contributed by atoms with van der Waals surface area (Å²) in [6, 6.07) is 18.2. The molecule has 0 aliphatic heterocycles. The molecule has 3 aromatic rings. The molecular formula is C28H32O4. The number of hydrogen-bond acceptors (Lipinski definition) is 4. The van der Waals surface area contributed by atoms with E-state index in [1.165, 1.54) is 6.07 Å². The van der Waals surface area contributed by atoms with Gasteiger partial charge in [0.25, 0.3) is 0 Å². The predicted octanol–water partition coefficient (Wildman–Crippen LogP) is 6.07. The first-order valence-electron chi connectivity index (χ1n) is 10.9. The molecule has 168 valence electrons. The fraction of sp³-hybridized carbons (Fsp3) is 0.321. The van der Waals surface area contributed by atoms with Gasteiger partial charge in [-0.15, -0.1) is 0 Å². The molecule has 0 aromatic heterocycles. The van der Waals surface area contributed by atoms with Gasteiger partial charge in [0.1, 0.15) is 11.5 Å². The third-order valence-corrected chi connectivity index (χ3v) is 5.89. The van der Waals surface area contributed by atoms with Crippen molar-refractivity contribution in [2.75, 3.05) is 7.11 Å². The molecule has 0 saturated heterocycles. The zero-order chi connectivity index (χ0) is 23.6. The summed E-state index contributed by atoms with van der Waals surface area (Å²) in [7, 11) is 1.60. The lowest BCUT2D eigenvalue weighted by Crippen LogP contribution is -2.13. The molecule has 3 aromatic carbocycles. The summed E-state index contributed by atoms with van der Waals surface area (Å²) in [5.74, 6) is 0.108. The first-order chi connectivity index (χ1) is 15.0. The molecule has 3 rings (SSSR count). The van der Waals surface area contributed by atoms with E-state index in [4.69, 9.17) is 4.74 Å². The Morgan fingerprint density at radius 1 is 0.812 bits per heavy atom. The summed E-state index contributed by atoms with van der Waals surface area (Å²) < 4.78 is 5.30. The van der Waals surface area contributed by atoms with Crippen molar-refractivity contribution in [1.82, 2.24) is 0 Å². The Balaban J connectivity index is 2.34. The minimum atomic E-state index is -0.539. The SMILES string of the molecule is COc1ccc(C(c2cc(C(C)(C)C)ccc2O)c2ccc(C(C)C)cc(=O)c2O)cc1. The van der Waals surface area contributed by atoms with Crippen LogP contribution >= 0.6 is 0 Å². The van der Waals surface area contributed by atoms with Crippen LogP contribution in [-0.4, -0.2) is 17.3 Å². The van der Waals surface area contributed by atoms with Gasteiger partial charge in [-0.1, -0.05) is 71.0 Å². The summed E-state index contributed by atoms with van der Waals surface area (Å²) in [5, 5.41) is 21.8. The number of aromatic hydroxyl groups is 2. The summed E-state index contributed by atoms with van der Waals surface area (Å²) in [6.45, 7) is 10.3. The monoisotopic (exact) mass is 432 g/mol. The number of methoxy groups -OCH3 is 1. The van der Waals surface area contributed by atoms with Crippen LogP contribution in [0.3, 0.4) is 0 Å². The van der Waals surface area contributed by atoms with Crippen molar-refractivity contribution in [3.8, 4) is 17.2 Å². The first kappa shape index (κ1) is 23.4. The van der Waals surface area contributed by atoms with Crippen LogP contribution in [0.1, 0.15) is 74.3 Å². The third kappa shape index (κ3) is 4.80. The van der Waals surface area contributed by atoms with Crippen LogP contribution in [-0.2, 0) is 5.41 Å². The Bertz CT molecular complexity index is 1160. The van der Waals surface area contributed by atoms with E-state index in [1.54, 1.807) is 19.2 Å². The van der Waals surface area contributed by atoms with Crippen molar-refractivity contribution in [2.45, 2.75) is 51.9 Å². The van der Waals surface area contributed by atoms with Gasteiger partial charge in [-0.3, -0.25) is 4.79 Å². The molecule has 4 nitrogen and oxygen atoms in total. The summed E-state index contributed by atoms with van der Waals surface area (Å²) in [6.07, 6.45) is 0. The number of rotatable bonds is 5. The van der Waals surface area contributed by atoms with E-state index in [0.29, 0.717) is 16.9 Å². The summed E-state index contributed by atoms with van der Waals surface area (Å²) in [4.78, 5) is 12.8. The topological polar surface area (TPSA) is 66.8 Å². The lowest BCUT2D eigenvalue weighted by Gasteiger charge is -2.24. The normalized spacial score (nSPS) is 12.6. The second kappa shape index (κ2) is 9.07. The highest BCUT2D eigenvalue weighted by Crippen LogP contribution is 2.41.